The topological polar surface area (TPSA) is 45.5 Å². The fraction of sp³-hybridized carbons (Fsp3) is 0.438. The molecule has 0 radical (unpaired) electrons. The van der Waals surface area contributed by atoms with Gasteiger partial charge in [0.25, 0.3) is 0 Å². The summed E-state index contributed by atoms with van der Waals surface area (Å²) >= 11 is 0. The Balaban J connectivity index is 1.90. The third-order valence-electron chi connectivity index (χ3n) is 4.11. The van der Waals surface area contributed by atoms with Crippen LogP contribution in [0.1, 0.15) is 24.4 Å². The van der Waals surface area contributed by atoms with Gasteiger partial charge < -0.3 is 9.73 Å². The normalized spacial score (nSPS) is 17.5. The molecule has 0 atom stereocenters. The lowest BCUT2D eigenvalue weighted by atomic mass is 9.94. The fourth-order valence-electron chi connectivity index (χ4n) is 2.76. The number of hydrogen-bond acceptors (Lipinski definition) is 4. The summed E-state index contributed by atoms with van der Waals surface area (Å²) in [4.78, 5) is 15.0. The van der Waals surface area contributed by atoms with Crippen LogP contribution in [-0.2, 0) is 0 Å². The molecule has 2 aromatic rings. The van der Waals surface area contributed by atoms with E-state index >= 15 is 0 Å². The number of furan rings is 1. The lowest BCUT2D eigenvalue weighted by Crippen LogP contribution is -2.57. The molecule has 1 N–H and O–H groups in total. The predicted octanol–water partition coefficient (Wildman–Crippen LogP) is 2.30. The van der Waals surface area contributed by atoms with Crippen LogP contribution < -0.4 is 5.32 Å². The van der Waals surface area contributed by atoms with Crippen molar-refractivity contribution in [3.63, 3.8) is 0 Å². The van der Waals surface area contributed by atoms with Gasteiger partial charge in [-0.15, -0.1) is 0 Å². The lowest BCUT2D eigenvalue weighted by Gasteiger charge is -2.39. The van der Waals surface area contributed by atoms with E-state index in [4.69, 9.17) is 4.42 Å². The average molecular weight is 272 g/mol. The van der Waals surface area contributed by atoms with Crippen molar-refractivity contribution < 1.29 is 9.21 Å². The van der Waals surface area contributed by atoms with Crippen molar-refractivity contribution >= 4 is 16.8 Å². The van der Waals surface area contributed by atoms with Gasteiger partial charge >= 0.3 is 0 Å². The van der Waals surface area contributed by atoms with Crippen molar-refractivity contribution in [1.82, 2.24) is 10.2 Å². The second-order valence-corrected chi connectivity index (χ2v) is 5.77. The molecule has 1 saturated heterocycles. The van der Waals surface area contributed by atoms with Gasteiger partial charge in [-0.05, 0) is 26.0 Å². The van der Waals surface area contributed by atoms with E-state index in [2.05, 4.69) is 10.2 Å². The monoisotopic (exact) mass is 272 g/mol. The van der Waals surface area contributed by atoms with E-state index in [9.17, 15) is 4.79 Å². The van der Waals surface area contributed by atoms with Crippen molar-refractivity contribution in [3.8, 4) is 0 Å². The number of nitrogens with zero attached hydrogens (tertiary/aromatic N) is 1. The van der Waals surface area contributed by atoms with E-state index in [1.165, 1.54) is 0 Å². The minimum atomic E-state index is -0.532. The van der Waals surface area contributed by atoms with Crippen LogP contribution in [-0.4, -0.2) is 42.4 Å². The zero-order valence-electron chi connectivity index (χ0n) is 12.0. The maximum absolute atomic E-state index is 12.8. The highest BCUT2D eigenvalue weighted by molar-refractivity contribution is 6.03. The van der Waals surface area contributed by atoms with Crippen LogP contribution in [0.2, 0.25) is 0 Å². The van der Waals surface area contributed by atoms with Gasteiger partial charge in [0, 0.05) is 31.6 Å². The largest absolute Gasteiger partial charge is 0.453 e. The number of fused-ring (bicyclic) bond motifs is 1. The number of Topliss-reactive ketones (excluding diaryl/α,β-unsaturated/α-hetero) is 1. The van der Waals surface area contributed by atoms with Crippen LogP contribution in [0.15, 0.2) is 34.7 Å². The minimum absolute atomic E-state index is 0.0515. The Kier molecular flexibility index (Phi) is 3.36. The van der Waals surface area contributed by atoms with Crippen molar-refractivity contribution in [3.05, 3.63) is 36.1 Å². The molecule has 1 aliphatic heterocycles. The molecule has 0 amide bonds. The standard InChI is InChI=1S/C16H20N2O2/c1-16(2,18-9-7-17-8-10-18)15(19)14-11-12-5-3-4-6-13(12)20-14/h3-6,11,17H,7-10H2,1-2H3. The summed E-state index contributed by atoms with van der Waals surface area (Å²) in [6.07, 6.45) is 0. The van der Waals surface area contributed by atoms with Crippen LogP contribution in [0.3, 0.4) is 0 Å². The molecular formula is C16H20N2O2. The van der Waals surface area contributed by atoms with Crippen molar-refractivity contribution in [1.29, 1.82) is 0 Å². The van der Waals surface area contributed by atoms with Crippen LogP contribution >= 0.6 is 0 Å². The summed E-state index contributed by atoms with van der Waals surface area (Å²) in [5, 5.41) is 4.29. The smallest absolute Gasteiger partial charge is 0.217 e. The molecule has 0 spiro atoms. The number of carbonyl (C=O) groups is 1. The Morgan fingerprint density at radius 1 is 1.25 bits per heavy atom. The van der Waals surface area contributed by atoms with Gasteiger partial charge in [-0.3, -0.25) is 9.69 Å². The molecule has 0 aliphatic carbocycles. The van der Waals surface area contributed by atoms with Crippen molar-refractivity contribution in [2.24, 2.45) is 0 Å². The summed E-state index contributed by atoms with van der Waals surface area (Å²) in [5.74, 6) is 0.505. The maximum Gasteiger partial charge on any atom is 0.217 e. The van der Waals surface area contributed by atoms with Gasteiger partial charge in [0.15, 0.2) is 5.76 Å². The van der Waals surface area contributed by atoms with Crippen LogP contribution in [0, 0.1) is 0 Å². The zero-order valence-corrected chi connectivity index (χ0v) is 12.0. The average Bonchev–Trinajstić information content (AvgIpc) is 2.91. The first kappa shape index (κ1) is 13.3. The Hall–Kier alpha value is -1.65. The van der Waals surface area contributed by atoms with E-state index in [-0.39, 0.29) is 5.78 Å². The highest BCUT2D eigenvalue weighted by Crippen LogP contribution is 2.25. The number of piperazine rings is 1. The fourth-order valence-corrected chi connectivity index (χ4v) is 2.76. The molecule has 2 heterocycles. The van der Waals surface area contributed by atoms with Gasteiger partial charge in [-0.25, -0.2) is 0 Å². The Labute approximate surface area is 118 Å². The Morgan fingerprint density at radius 3 is 2.65 bits per heavy atom. The first-order chi connectivity index (χ1) is 9.59. The summed E-state index contributed by atoms with van der Waals surface area (Å²) in [6, 6.07) is 9.58. The zero-order chi connectivity index (χ0) is 14.2. The van der Waals surface area contributed by atoms with Gasteiger partial charge in [0.05, 0.1) is 5.54 Å². The molecule has 1 aromatic carbocycles. The first-order valence-electron chi connectivity index (χ1n) is 7.08. The van der Waals surface area contributed by atoms with Crippen LogP contribution in [0.5, 0.6) is 0 Å². The van der Waals surface area contributed by atoms with Crippen molar-refractivity contribution in [2.75, 3.05) is 26.2 Å². The summed E-state index contributed by atoms with van der Waals surface area (Å²) in [5.41, 5.74) is 0.239. The van der Waals surface area contributed by atoms with E-state index < -0.39 is 5.54 Å². The van der Waals surface area contributed by atoms with E-state index in [1.54, 1.807) is 0 Å². The molecule has 1 fully saturated rings. The molecule has 4 heteroatoms. The number of carbonyl (C=O) groups excluding carboxylic acids is 1. The molecule has 1 aromatic heterocycles. The predicted molar refractivity (Wildman–Crippen MR) is 79.1 cm³/mol. The van der Waals surface area contributed by atoms with E-state index in [0.717, 1.165) is 37.1 Å². The number of hydrogen-bond donors (Lipinski definition) is 1. The third kappa shape index (κ3) is 2.25. The quantitative estimate of drug-likeness (QED) is 0.871. The molecule has 0 saturated carbocycles. The lowest BCUT2D eigenvalue weighted by molar-refractivity contribution is 0.0576. The second-order valence-electron chi connectivity index (χ2n) is 5.77. The van der Waals surface area contributed by atoms with Gasteiger partial charge in [-0.1, -0.05) is 18.2 Å². The SMILES string of the molecule is CC(C)(C(=O)c1cc2ccccc2o1)N1CCNCC1. The van der Waals surface area contributed by atoms with Crippen LogP contribution in [0.25, 0.3) is 11.0 Å². The van der Waals surface area contributed by atoms with Gasteiger partial charge in [0.1, 0.15) is 5.58 Å². The minimum Gasteiger partial charge on any atom is -0.453 e. The number of rotatable bonds is 3. The number of nitrogens with one attached hydrogen (secondary N) is 1. The number of ketones is 1. The van der Waals surface area contributed by atoms with Gasteiger partial charge in [-0.2, -0.15) is 0 Å². The van der Waals surface area contributed by atoms with E-state index in [0.29, 0.717) is 5.76 Å². The molecule has 20 heavy (non-hydrogen) atoms. The molecule has 3 rings (SSSR count). The molecule has 106 valence electrons. The third-order valence-corrected chi connectivity index (χ3v) is 4.11. The molecule has 1 aliphatic rings. The molecule has 4 nitrogen and oxygen atoms in total. The summed E-state index contributed by atoms with van der Waals surface area (Å²) in [6.45, 7) is 7.59. The van der Waals surface area contributed by atoms with Crippen LogP contribution in [0.4, 0.5) is 0 Å². The Morgan fingerprint density at radius 2 is 1.95 bits per heavy atom. The van der Waals surface area contributed by atoms with Crippen molar-refractivity contribution in [2.45, 2.75) is 19.4 Å². The highest BCUT2D eigenvalue weighted by atomic mass is 16.3. The summed E-state index contributed by atoms with van der Waals surface area (Å²) in [7, 11) is 0. The molecule has 0 unspecified atom stereocenters. The molecular weight excluding hydrogens is 252 g/mol. The highest BCUT2D eigenvalue weighted by Gasteiger charge is 2.37. The number of para-hydroxylation sites is 1. The maximum atomic E-state index is 12.8. The van der Waals surface area contributed by atoms with E-state index in [1.807, 2.05) is 44.2 Å². The first-order valence-corrected chi connectivity index (χ1v) is 7.08. The number of benzene rings is 1. The van der Waals surface area contributed by atoms with Gasteiger partial charge in [0.2, 0.25) is 5.78 Å². The Bertz CT molecular complexity index is 591. The summed E-state index contributed by atoms with van der Waals surface area (Å²) < 4.78 is 5.72. The second kappa shape index (κ2) is 5.04. The molecule has 0 bridgehead atoms.